The molecule has 0 spiro atoms. The van der Waals surface area contributed by atoms with Crippen LogP contribution in [0.4, 0.5) is 11.4 Å². The van der Waals surface area contributed by atoms with E-state index in [2.05, 4.69) is 50.5 Å². The standard InChI is InChI=1S/C24H23BrN4O/c1-4-30-20-13-14-22-21(15-20)23(16-7-11-19(12-8-16)29(2)3)27-28-24(26-22)17-5-9-18(25)10-6-17/h5-15H,4H2,1-3H3,(H,26,28). The number of halogens is 1. The topological polar surface area (TPSA) is 49.2 Å². The van der Waals surface area contributed by atoms with Gasteiger partial charge in [0, 0.05) is 40.9 Å². The van der Waals surface area contributed by atoms with Gasteiger partial charge < -0.3 is 9.64 Å². The van der Waals surface area contributed by atoms with Crippen molar-refractivity contribution in [3.8, 4) is 5.75 Å². The Labute approximate surface area is 185 Å². The average Bonchev–Trinajstić information content (AvgIpc) is 2.94. The van der Waals surface area contributed by atoms with Gasteiger partial charge in [0.2, 0.25) is 0 Å². The van der Waals surface area contributed by atoms with E-state index < -0.39 is 0 Å². The number of benzene rings is 3. The maximum absolute atomic E-state index is 5.74. The summed E-state index contributed by atoms with van der Waals surface area (Å²) in [6.07, 6.45) is 0. The molecule has 152 valence electrons. The lowest BCUT2D eigenvalue weighted by molar-refractivity contribution is 0.340. The Hall–Kier alpha value is -3.12. The lowest BCUT2D eigenvalue weighted by Gasteiger charge is -2.14. The van der Waals surface area contributed by atoms with Crippen molar-refractivity contribution in [1.82, 2.24) is 5.43 Å². The first-order valence-corrected chi connectivity index (χ1v) is 10.6. The van der Waals surface area contributed by atoms with Crippen LogP contribution in [-0.4, -0.2) is 32.2 Å². The summed E-state index contributed by atoms with van der Waals surface area (Å²) in [6, 6.07) is 22.3. The van der Waals surface area contributed by atoms with E-state index in [1.807, 2.05) is 63.5 Å². The number of ether oxygens (including phenoxy) is 1. The number of rotatable bonds is 5. The predicted molar refractivity (Wildman–Crippen MR) is 127 cm³/mol. The number of hydrogen-bond donors (Lipinski definition) is 1. The Balaban J connectivity index is 1.81. The summed E-state index contributed by atoms with van der Waals surface area (Å²) in [6.45, 7) is 2.58. The fraction of sp³-hybridized carbons (Fsp3) is 0.167. The Kier molecular flexibility index (Phi) is 5.86. The summed E-state index contributed by atoms with van der Waals surface area (Å²) in [5.41, 5.74) is 8.88. The summed E-state index contributed by atoms with van der Waals surface area (Å²) < 4.78 is 6.76. The van der Waals surface area contributed by atoms with Crippen LogP contribution >= 0.6 is 15.9 Å². The SMILES string of the molecule is CCOc1ccc2c(c1)C(c1ccc(N(C)C)cc1)=NNC(c1ccc(Br)cc1)=N2. The fourth-order valence-electron chi connectivity index (χ4n) is 3.25. The van der Waals surface area contributed by atoms with Crippen LogP contribution in [0.5, 0.6) is 5.75 Å². The second kappa shape index (κ2) is 8.71. The number of fused-ring (bicyclic) bond motifs is 1. The largest absolute Gasteiger partial charge is 0.494 e. The van der Waals surface area contributed by atoms with Crippen molar-refractivity contribution in [3.63, 3.8) is 0 Å². The molecule has 0 saturated heterocycles. The van der Waals surface area contributed by atoms with Gasteiger partial charge in [-0.25, -0.2) is 4.99 Å². The normalized spacial score (nSPS) is 12.8. The zero-order chi connectivity index (χ0) is 21.1. The number of nitrogens with zero attached hydrogens (tertiary/aromatic N) is 3. The van der Waals surface area contributed by atoms with Gasteiger partial charge in [0.1, 0.15) is 11.5 Å². The molecule has 6 heteroatoms. The highest BCUT2D eigenvalue weighted by molar-refractivity contribution is 9.10. The van der Waals surface area contributed by atoms with E-state index >= 15 is 0 Å². The van der Waals surface area contributed by atoms with Gasteiger partial charge in [0.25, 0.3) is 0 Å². The van der Waals surface area contributed by atoms with E-state index in [1.54, 1.807) is 0 Å². The van der Waals surface area contributed by atoms with Crippen molar-refractivity contribution in [1.29, 1.82) is 0 Å². The zero-order valence-corrected chi connectivity index (χ0v) is 18.8. The summed E-state index contributed by atoms with van der Waals surface area (Å²) in [7, 11) is 4.06. The fourth-order valence-corrected chi connectivity index (χ4v) is 3.51. The van der Waals surface area contributed by atoms with Crippen LogP contribution in [0.2, 0.25) is 0 Å². The summed E-state index contributed by atoms with van der Waals surface area (Å²) >= 11 is 3.48. The average molecular weight is 463 g/mol. The van der Waals surface area contributed by atoms with Gasteiger partial charge in [-0.2, -0.15) is 5.10 Å². The highest BCUT2D eigenvalue weighted by Gasteiger charge is 2.18. The van der Waals surface area contributed by atoms with Crippen LogP contribution < -0.4 is 15.1 Å². The van der Waals surface area contributed by atoms with E-state index in [0.717, 1.165) is 44.0 Å². The van der Waals surface area contributed by atoms with Crippen LogP contribution in [0.3, 0.4) is 0 Å². The predicted octanol–water partition coefficient (Wildman–Crippen LogP) is 5.35. The van der Waals surface area contributed by atoms with Gasteiger partial charge in [0.05, 0.1) is 12.3 Å². The number of anilines is 1. The third kappa shape index (κ3) is 4.24. The van der Waals surface area contributed by atoms with E-state index in [4.69, 9.17) is 14.8 Å². The lowest BCUT2D eigenvalue weighted by Crippen LogP contribution is -2.19. The van der Waals surface area contributed by atoms with E-state index in [0.29, 0.717) is 12.4 Å². The van der Waals surface area contributed by atoms with Crippen LogP contribution in [0.15, 0.2) is 81.3 Å². The molecule has 0 aliphatic carbocycles. The number of aliphatic imine (C=N–C) groups is 1. The van der Waals surface area contributed by atoms with Gasteiger partial charge in [-0.05, 0) is 49.4 Å². The third-order valence-corrected chi connectivity index (χ3v) is 5.34. The van der Waals surface area contributed by atoms with Gasteiger partial charge >= 0.3 is 0 Å². The molecule has 0 aromatic heterocycles. The molecule has 0 unspecified atom stereocenters. The van der Waals surface area contributed by atoms with Crippen molar-refractivity contribution in [2.45, 2.75) is 6.92 Å². The molecule has 5 nitrogen and oxygen atoms in total. The van der Waals surface area contributed by atoms with Crippen LogP contribution in [0.1, 0.15) is 23.6 Å². The summed E-state index contributed by atoms with van der Waals surface area (Å²) in [4.78, 5) is 6.95. The molecule has 1 N–H and O–H groups in total. The Morgan fingerprint density at radius 1 is 0.933 bits per heavy atom. The van der Waals surface area contributed by atoms with Gasteiger partial charge in [0.15, 0.2) is 5.84 Å². The monoisotopic (exact) mass is 462 g/mol. The smallest absolute Gasteiger partial charge is 0.154 e. The van der Waals surface area contributed by atoms with Crippen molar-refractivity contribution < 1.29 is 4.74 Å². The molecule has 1 heterocycles. The number of hydrazone groups is 1. The quantitative estimate of drug-likeness (QED) is 0.555. The van der Waals surface area contributed by atoms with E-state index in [9.17, 15) is 0 Å². The molecule has 3 aromatic carbocycles. The van der Waals surface area contributed by atoms with Crippen LogP contribution in [0.25, 0.3) is 0 Å². The molecule has 0 saturated carbocycles. The zero-order valence-electron chi connectivity index (χ0n) is 17.2. The molecule has 0 radical (unpaired) electrons. The van der Waals surface area contributed by atoms with Crippen molar-refractivity contribution in [3.05, 3.63) is 87.9 Å². The Morgan fingerprint density at radius 2 is 1.63 bits per heavy atom. The highest BCUT2D eigenvalue weighted by atomic mass is 79.9. The summed E-state index contributed by atoms with van der Waals surface area (Å²) in [5, 5.41) is 4.75. The first-order chi connectivity index (χ1) is 14.5. The minimum Gasteiger partial charge on any atom is -0.494 e. The molecule has 0 bridgehead atoms. The lowest BCUT2D eigenvalue weighted by atomic mass is 10.00. The van der Waals surface area contributed by atoms with Crippen LogP contribution in [0, 0.1) is 0 Å². The molecule has 0 amide bonds. The van der Waals surface area contributed by atoms with Gasteiger partial charge in [-0.3, -0.25) is 5.43 Å². The number of hydrogen-bond acceptors (Lipinski definition) is 5. The second-order valence-electron chi connectivity index (χ2n) is 7.09. The molecule has 0 fully saturated rings. The minimum atomic E-state index is 0.606. The van der Waals surface area contributed by atoms with Crippen molar-refractivity contribution >= 4 is 38.9 Å². The molecular weight excluding hydrogens is 440 g/mol. The molecule has 30 heavy (non-hydrogen) atoms. The molecule has 4 rings (SSSR count). The maximum atomic E-state index is 5.74. The van der Waals surface area contributed by atoms with Gasteiger partial charge in [-0.15, -0.1) is 0 Å². The molecule has 3 aromatic rings. The Bertz CT molecular complexity index is 1100. The first kappa shape index (κ1) is 20.2. The molecule has 1 aliphatic heterocycles. The maximum Gasteiger partial charge on any atom is 0.154 e. The first-order valence-electron chi connectivity index (χ1n) is 9.78. The van der Waals surface area contributed by atoms with Gasteiger partial charge in [-0.1, -0.05) is 40.2 Å². The van der Waals surface area contributed by atoms with Crippen molar-refractivity contribution in [2.24, 2.45) is 10.1 Å². The number of nitrogens with one attached hydrogen (secondary N) is 1. The van der Waals surface area contributed by atoms with E-state index in [1.165, 1.54) is 0 Å². The molecular formula is C24H23BrN4O. The van der Waals surface area contributed by atoms with Crippen LogP contribution in [-0.2, 0) is 0 Å². The highest BCUT2D eigenvalue weighted by Crippen LogP contribution is 2.30. The number of amidine groups is 1. The third-order valence-electron chi connectivity index (χ3n) is 4.81. The molecule has 1 aliphatic rings. The second-order valence-corrected chi connectivity index (χ2v) is 8.01. The van der Waals surface area contributed by atoms with E-state index in [-0.39, 0.29) is 0 Å². The van der Waals surface area contributed by atoms with Crippen molar-refractivity contribution in [2.75, 3.05) is 25.6 Å². The molecule has 0 atom stereocenters. The minimum absolute atomic E-state index is 0.606. The summed E-state index contributed by atoms with van der Waals surface area (Å²) in [5.74, 6) is 1.50. The Morgan fingerprint density at radius 3 is 2.30 bits per heavy atom.